The summed E-state index contributed by atoms with van der Waals surface area (Å²) in [7, 11) is 0. The molecule has 0 unspecified atom stereocenters. The molecule has 0 radical (unpaired) electrons. The average Bonchev–Trinajstić information content (AvgIpc) is 2.04. The Morgan fingerprint density at radius 2 is 2.00 bits per heavy atom. The molecule has 2 fully saturated rings. The van der Waals surface area contributed by atoms with E-state index < -0.39 is 0 Å². The van der Waals surface area contributed by atoms with Crippen molar-refractivity contribution in [3.63, 3.8) is 0 Å². The van der Waals surface area contributed by atoms with Gasteiger partial charge >= 0.3 is 0 Å². The first-order valence-electron chi connectivity index (χ1n) is 4.75. The Morgan fingerprint density at radius 3 is 2.91 bits per heavy atom. The highest BCUT2D eigenvalue weighted by molar-refractivity contribution is 4.84. The molecule has 2 heteroatoms. The van der Waals surface area contributed by atoms with Gasteiger partial charge in [-0.3, -0.25) is 0 Å². The molecule has 2 N–H and O–H groups in total. The Morgan fingerprint density at radius 1 is 1.09 bits per heavy atom. The van der Waals surface area contributed by atoms with E-state index in [-0.39, 0.29) is 6.10 Å². The smallest absolute Gasteiger partial charge is 0.0543 e. The number of aliphatic hydroxyl groups excluding tert-OH is 1. The molecule has 11 heavy (non-hydrogen) atoms. The van der Waals surface area contributed by atoms with Crippen LogP contribution >= 0.6 is 0 Å². The van der Waals surface area contributed by atoms with Crippen molar-refractivity contribution in [2.45, 2.75) is 31.8 Å². The lowest BCUT2D eigenvalue weighted by atomic mass is 9.74. The molecule has 2 nitrogen and oxygen atoms in total. The van der Waals surface area contributed by atoms with Gasteiger partial charge in [0.25, 0.3) is 0 Å². The first-order valence-corrected chi connectivity index (χ1v) is 4.75. The summed E-state index contributed by atoms with van der Waals surface area (Å²) < 4.78 is 0. The summed E-state index contributed by atoms with van der Waals surface area (Å²) in [4.78, 5) is 0. The van der Waals surface area contributed by atoms with Crippen molar-refractivity contribution in [3.05, 3.63) is 0 Å². The van der Waals surface area contributed by atoms with E-state index in [1.807, 2.05) is 0 Å². The second-order valence-corrected chi connectivity index (χ2v) is 3.98. The number of hydrogen-bond donors (Lipinski definition) is 2. The van der Waals surface area contributed by atoms with Gasteiger partial charge in [-0.1, -0.05) is 0 Å². The van der Waals surface area contributed by atoms with E-state index in [4.69, 9.17) is 0 Å². The number of nitrogens with one attached hydrogen (secondary N) is 1. The number of hydrogen-bond acceptors (Lipinski definition) is 2. The second-order valence-electron chi connectivity index (χ2n) is 3.98. The molecule has 64 valence electrons. The number of fused-ring (bicyclic) bond motifs is 1. The van der Waals surface area contributed by atoms with Gasteiger partial charge in [-0.15, -0.1) is 0 Å². The van der Waals surface area contributed by atoms with E-state index in [1.54, 1.807) is 0 Å². The number of rotatable bonds is 0. The highest BCUT2D eigenvalue weighted by atomic mass is 16.3. The van der Waals surface area contributed by atoms with Gasteiger partial charge < -0.3 is 10.4 Å². The second kappa shape index (κ2) is 3.11. The molecule has 0 aromatic rings. The first-order chi connectivity index (χ1) is 5.36. The third kappa shape index (κ3) is 1.57. The predicted molar refractivity (Wildman–Crippen MR) is 44.3 cm³/mol. The molecule has 0 aromatic heterocycles. The first kappa shape index (κ1) is 7.56. The molecular weight excluding hydrogens is 138 g/mol. The van der Waals surface area contributed by atoms with Gasteiger partial charge in [0, 0.05) is 0 Å². The molecule has 0 amide bonds. The fourth-order valence-electron chi connectivity index (χ4n) is 2.50. The van der Waals surface area contributed by atoms with Crippen molar-refractivity contribution in [1.29, 1.82) is 0 Å². The normalized spacial score (nSPS) is 45.0. The number of aliphatic hydroxyl groups is 1. The molecule has 2 aliphatic rings. The minimum Gasteiger partial charge on any atom is -0.393 e. The van der Waals surface area contributed by atoms with Gasteiger partial charge in [0.05, 0.1) is 6.10 Å². The van der Waals surface area contributed by atoms with Crippen molar-refractivity contribution < 1.29 is 5.11 Å². The van der Waals surface area contributed by atoms with Gasteiger partial charge in [-0.05, 0) is 50.6 Å². The molecule has 0 bridgehead atoms. The SMILES string of the molecule is O[C@H]1CC[C@@H]2CNCC[C@@H]2C1. The van der Waals surface area contributed by atoms with E-state index in [0.29, 0.717) is 0 Å². The third-order valence-corrected chi connectivity index (χ3v) is 3.21. The quantitative estimate of drug-likeness (QED) is 0.541. The highest BCUT2D eigenvalue weighted by Crippen LogP contribution is 2.33. The van der Waals surface area contributed by atoms with Gasteiger partial charge in [-0.2, -0.15) is 0 Å². The Hall–Kier alpha value is -0.0800. The maximum absolute atomic E-state index is 9.43. The standard InChI is InChI=1S/C9H17NO/c11-9-2-1-8-6-10-4-3-7(8)5-9/h7-11H,1-6H2/t7-,8-,9+/m1/s1. The zero-order valence-electron chi connectivity index (χ0n) is 6.92. The van der Waals surface area contributed by atoms with E-state index in [1.165, 1.54) is 19.4 Å². The van der Waals surface area contributed by atoms with Crippen LogP contribution in [0, 0.1) is 11.8 Å². The third-order valence-electron chi connectivity index (χ3n) is 3.21. The van der Waals surface area contributed by atoms with Crippen LogP contribution in [0.3, 0.4) is 0 Å². The molecule has 3 atom stereocenters. The fraction of sp³-hybridized carbons (Fsp3) is 1.00. The summed E-state index contributed by atoms with van der Waals surface area (Å²) >= 11 is 0. The van der Waals surface area contributed by atoms with Crippen molar-refractivity contribution >= 4 is 0 Å². The predicted octanol–water partition coefficient (Wildman–Crippen LogP) is 0.757. The van der Waals surface area contributed by atoms with Crippen LogP contribution < -0.4 is 5.32 Å². The maximum atomic E-state index is 9.43. The summed E-state index contributed by atoms with van der Waals surface area (Å²) in [5.74, 6) is 1.69. The Bertz CT molecular complexity index is 138. The molecule has 1 heterocycles. The lowest BCUT2D eigenvalue weighted by Crippen LogP contribution is -2.41. The lowest BCUT2D eigenvalue weighted by molar-refractivity contribution is 0.0549. The zero-order valence-corrected chi connectivity index (χ0v) is 6.92. The van der Waals surface area contributed by atoms with Crippen molar-refractivity contribution in [1.82, 2.24) is 5.32 Å². The van der Waals surface area contributed by atoms with Crippen LogP contribution in [0.2, 0.25) is 0 Å². The minimum atomic E-state index is 0.00866. The van der Waals surface area contributed by atoms with Crippen LogP contribution in [-0.4, -0.2) is 24.3 Å². The van der Waals surface area contributed by atoms with Crippen LogP contribution in [0.5, 0.6) is 0 Å². The monoisotopic (exact) mass is 155 g/mol. The molecule has 1 saturated heterocycles. The minimum absolute atomic E-state index is 0.00866. The number of piperidine rings is 1. The van der Waals surface area contributed by atoms with E-state index in [0.717, 1.165) is 31.2 Å². The van der Waals surface area contributed by atoms with E-state index in [2.05, 4.69) is 5.32 Å². The molecule has 1 saturated carbocycles. The van der Waals surface area contributed by atoms with Gasteiger partial charge in [0.15, 0.2) is 0 Å². The van der Waals surface area contributed by atoms with Crippen molar-refractivity contribution in [3.8, 4) is 0 Å². The summed E-state index contributed by atoms with van der Waals surface area (Å²) in [5, 5.41) is 12.8. The largest absolute Gasteiger partial charge is 0.393 e. The maximum Gasteiger partial charge on any atom is 0.0543 e. The zero-order chi connectivity index (χ0) is 7.68. The van der Waals surface area contributed by atoms with Crippen LogP contribution in [0.1, 0.15) is 25.7 Å². The highest BCUT2D eigenvalue weighted by Gasteiger charge is 2.30. The van der Waals surface area contributed by atoms with Crippen LogP contribution in [0.15, 0.2) is 0 Å². The Balaban J connectivity index is 1.93. The molecule has 1 aliphatic carbocycles. The average molecular weight is 155 g/mol. The van der Waals surface area contributed by atoms with Crippen molar-refractivity contribution in [2.24, 2.45) is 11.8 Å². The molecule has 1 aliphatic heterocycles. The summed E-state index contributed by atoms with van der Waals surface area (Å²) in [6.07, 6.45) is 4.62. The van der Waals surface area contributed by atoms with Crippen molar-refractivity contribution in [2.75, 3.05) is 13.1 Å². The Labute approximate surface area is 68.0 Å². The molecular formula is C9H17NO. The topological polar surface area (TPSA) is 32.3 Å². The Kier molecular flexibility index (Phi) is 2.14. The van der Waals surface area contributed by atoms with Crippen LogP contribution in [-0.2, 0) is 0 Å². The fourth-order valence-corrected chi connectivity index (χ4v) is 2.50. The summed E-state index contributed by atoms with van der Waals surface area (Å²) in [5.41, 5.74) is 0. The summed E-state index contributed by atoms with van der Waals surface area (Å²) in [6, 6.07) is 0. The molecule has 0 aromatic carbocycles. The van der Waals surface area contributed by atoms with Gasteiger partial charge in [-0.25, -0.2) is 0 Å². The molecule has 2 rings (SSSR count). The van der Waals surface area contributed by atoms with Crippen LogP contribution in [0.25, 0.3) is 0 Å². The van der Waals surface area contributed by atoms with Gasteiger partial charge in [0.2, 0.25) is 0 Å². The van der Waals surface area contributed by atoms with Gasteiger partial charge in [0.1, 0.15) is 0 Å². The van der Waals surface area contributed by atoms with E-state index >= 15 is 0 Å². The summed E-state index contributed by atoms with van der Waals surface area (Å²) in [6.45, 7) is 2.35. The molecule has 0 spiro atoms. The lowest BCUT2D eigenvalue weighted by Gasteiger charge is -2.37. The van der Waals surface area contributed by atoms with Crippen LogP contribution in [0.4, 0.5) is 0 Å². The van der Waals surface area contributed by atoms with E-state index in [9.17, 15) is 5.11 Å².